The molecule has 0 aliphatic heterocycles. The van der Waals surface area contributed by atoms with Crippen LogP contribution < -0.4 is 5.32 Å². The Hall–Kier alpha value is -3.62. The lowest BCUT2D eigenvalue weighted by atomic mass is 10.1. The van der Waals surface area contributed by atoms with Gasteiger partial charge in [-0.15, -0.1) is 0 Å². The zero-order valence-corrected chi connectivity index (χ0v) is 17.2. The van der Waals surface area contributed by atoms with E-state index in [9.17, 15) is 13.2 Å². The first-order valence-electron chi connectivity index (χ1n) is 9.28. The number of hydrogen-bond donors (Lipinski definition) is 1. The third-order valence-electron chi connectivity index (χ3n) is 4.72. The Kier molecular flexibility index (Phi) is 5.73. The summed E-state index contributed by atoms with van der Waals surface area (Å²) in [5.74, 6) is 0.994. The zero-order valence-electron chi connectivity index (χ0n) is 16.5. The van der Waals surface area contributed by atoms with Gasteiger partial charge in [-0.25, -0.2) is 19.9 Å². The molecule has 4 aromatic rings. The molecule has 1 atom stereocenters. The summed E-state index contributed by atoms with van der Waals surface area (Å²) in [7, 11) is 0. The summed E-state index contributed by atoms with van der Waals surface area (Å²) in [6.45, 7) is 1.95. The summed E-state index contributed by atoms with van der Waals surface area (Å²) in [6.07, 6.45) is -0.715. The van der Waals surface area contributed by atoms with Gasteiger partial charge < -0.3 is 5.32 Å². The van der Waals surface area contributed by atoms with Crippen molar-refractivity contribution in [2.45, 2.75) is 25.7 Å². The molecule has 0 spiro atoms. The minimum absolute atomic E-state index is 0.0550. The van der Waals surface area contributed by atoms with Gasteiger partial charge in [0.25, 0.3) is 0 Å². The number of nitrogens with one attached hydrogen (secondary N) is 1. The van der Waals surface area contributed by atoms with E-state index < -0.39 is 11.7 Å². The Morgan fingerprint density at radius 2 is 1.97 bits per heavy atom. The summed E-state index contributed by atoms with van der Waals surface area (Å²) in [5, 5.41) is 16.4. The van der Waals surface area contributed by atoms with Gasteiger partial charge in [0, 0.05) is 23.2 Å². The van der Waals surface area contributed by atoms with Crippen molar-refractivity contribution < 1.29 is 13.2 Å². The highest BCUT2D eigenvalue weighted by atomic mass is 35.5. The number of nitriles is 1. The quantitative estimate of drug-likeness (QED) is 0.482. The molecule has 0 aliphatic carbocycles. The number of pyridine rings is 1. The Morgan fingerprint density at radius 1 is 1.16 bits per heavy atom. The number of rotatable bonds is 5. The summed E-state index contributed by atoms with van der Waals surface area (Å²) < 4.78 is 41.7. The third-order valence-corrected chi connectivity index (χ3v) is 4.94. The highest BCUT2D eigenvalue weighted by Gasteiger charge is 2.34. The summed E-state index contributed by atoms with van der Waals surface area (Å²) >= 11 is 5.93. The van der Waals surface area contributed by atoms with Crippen LogP contribution in [0.15, 0.2) is 43.1 Å². The molecule has 0 unspecified atom stereocenters. The molecule has 3 heterocycles. The van der Waals surface area contributed by atoms with Crippen LogP contribution in [0.4, 0.5) is 13.2 Å². The molecular weight excluding hydrogens is 445 g/mol. The van der Waals surface area contributed by atoms with E-state index >= 15 is 0 Å². The van der Waals surface area contributed by atoms with Crippen molar-refractivity contribution in [2.24, 2.45) is 0 Å². The molecule has 4 rings (SSSR count). The zero-order chi connectivity index (χ0) is 22.9. The fourth-order valence-corrected chi connectivity index (χ4v) is 3.40. The lowest BCUT2D eigenvalue weighted by Gasteiger charge is -2.16. The molecule has 0 bridgehead atoms. The van der Waals surface area contributed by atoms with Crippen LogP contribution in [-0.2, 0) is 12.7 Å². The highest BCUT2D eigenvalue weighted by Crippen LogP contribution is 2.36. The van der Waals surface area contributed by atoms with Crippen LogP contribution in [0.5, 0.6) is 0 Å². The van der Waals surface area contributed by atoms with E-state index in [1.807, 2.05) is 13.0 Å². The normalized spacial score (nSPS) is 12.6. The van der Waals surface area contributed by atoms with Crippen molar-refractivity contribution in [2.75, 3.05) is 0 Å². The number of aromatic nitrogens is 6. The van der Waals surface area contributed by atoms with Gasteiger partial charge in [0.05, 0.1) is 28.4 Å². The monoisotopic (exact) mass is 458 g/mol. The first kappa shape index (κ1) is 21.6. The highest BCUT2D eigenvalue weighted by molar-refractivity contribution is 6.31. The van der Waals surface area contributed by atoms with Crippen LogP contribution in [0.1, 0.15) is 35.6 Å². The minimum atomic E-state index is -4.60. The minimum Gasteiger partial charge on any atom is -0.302 e. The second kappa shape index (κ2) is 8.49. The smallest absolute Gasteiger partial charge is 0.302 e. The molecule has 8 nitrogen and oxygen atoms in total. The molecule has 0 fully saturated rings. The van der Waals surface area contributed by atoms with E-state index in [-0.39, 0.29) is 28.5 Å². The fourth-order valence-electron chi connectivity index (χ4n) is 3.18. The van der Waals surface area contributed by atoms with Crippen LogP contribution in [0.2, 0.25) is 5.02 Å². The molecular formula is C20H14ClF3N8. The SMILES string of the molecule is C[C@H](NCc1ncnc2c(C(F)(F)F)cc(Cl)cc12)c1ncnn1-c1ccc(C#N)cn1. The van der Waals surface area contributed by atoms with E-state index in [0.29, 0.717) is 22.9 Å². The number of hydrogen-bond acceptors (Lipinski definition) is 7. The van der Waals surface area contributed by atoms with Gasteiger partial charge in [-0.05, 0) is 31.2 Å². The average Bonchev–Trinajstić information content (AvgIpc) is 3.26. The van der Waals surface area contributed by atoms with Crippen molar-refractivity contribution in [1.82, 2.24) is 35.0 Å². The lowest BCUT2D eigenvalue weighted by molar-refractivity contribution is -0.136. The molecule has 0 amide bonds. The topological polar surface area (TPSA) is 105 Å². The lowest BCUT2D eigenvalue weighted by Crippen LogP contribution is -2.23. The molecule has 0 saturated heterocycles. The molecule has 0 aliphatic rings. The molecule has 0 radical (unpaired) electrons. The van der Waals surface area contributed by atoms with Crippen LogP contribution in [0.25, 0.3) is 16.7 Å². The number of nitrogens with zero attached hydrogens (tertiary/aromatic N) is 7. The molecule has 3 aromatic heterocycles. The van der Waals surface area contributed by atoms with Crippen molar-refractivity contribution in [3.63, 3.8) is 0 Å². The maximum absolute atomic E-state index is 13.4. The van der Waals surface area contributed by atoms with Gasteiger partial charge in [-0.3, -0.25) is 0 Å². The summed E-state index contributed by atoms with van der Waals surface area (Å²) in [6, 6.07) is 7.15. The summed E-state index contributed by atoms with van der Waals surface area (Å²) in [5.41, 5.74) is -0.360. The predicted octanol–water partition coefficient (Wildman–Crippen LogP) is 4.00. The van der Waals surface area contributed by atoms with Gasteiger partial charge in [-0.2, -0.15) is 28.2 Å². The first-order valence-corrected chi connectivity index (χ1v) is 9.66. The van der Waals surface area contributed by atoms with Crippen LogP contribution in [0, 0.1) is 11.3 Å². The Labute approximate surface area is 184 Å². The van der Waals surface area contributed by atoms with E-state index in [4.69, 9.17) is 16.9 Å². The fraction of sp³-hybridized carbons (Fsp3) is 0.200. The Bertz CT molecular complexity index is 1310. The standard InChI is InChI=1S/C20H14ClF3N8/c1-11(19-30-10-31-32(19)17-3-2-12(6-25)7-27-17)26-8-16-14-4-13(21)5-15(20(22,23)24)18(14)29-9-28-16/h2-5,7,9-11,26H,8H2,1H3/t11-/m0/s1. The molecule has 162 valence electrons. The third kappa shape index (κ3) is 4.23. The predicted molar refractivity (Wildman–Crippen MR) is 109 cm³/mol. The number of halogens is 4. The Morgan fingerprint density at radius 3 is 2.66 bits per heavy atom. The number of benzene rings is 1. The van der Waals surface area contributed by atoms with Gasteiger partial charge in [-0.1, -0.05) is 11.6 Å². The van der Waals surface area contributed by atoms with Crippen molar-refractivity contribution in [3.8, 4) is 11.9 Å². The average molecular weight is 459 g/mol. The molecule has 0 saturated carbocycles. The second-order valence-electron chi connectivity index (χ2n) is 6.82. The number of alkyl halides is 3. The van der Waals surface area contributed by atoms with Crippen LogP contribution >= 0.6 is 11.6 Å². The van der Waals surface area contributed by atoms with Gasteiger partial charge in [0.2, 0.25) is 0 Å². The number of fused-ring (bicyclic) bond motifs is 1. The van der Waals surface area contributed by atoms with Crippen LogP contribution in [0.3, 0.4) is 0 Å². The maximum atomic E-state index is 13.4. The first-order chi connectivity index (χ1) is 15.3. The van der Waals surface area contributed by atoms with E-state index in [0.717, 1.165) is 12.4 Å². The molecule has 12 heteroatoms. The van der Waals surface area contributed by atoms with Crippen molar-refractivity contribution in [1.29, 1.82) is 5.26 Å². The van der Waals surface area contributed by atoms with E-state index in [2.05, 4.69) is 30.4 Å². The van der Waals surface area contributed by atoms with Crippen molar-refractivity contribution in [3.05, 3.63) is 70.8 Å². The van der Waals surface area contributed by atoms with Gasteiger partial charge >= 0.3 is 6.18 Å². The molecule has 1 aromatic carbocycles. The maximum Gasteiger partial charge on any atom is 0.418 e. The van der Waals surface area contributed by atoms with Gasteiger partial charge in [0.15, 0.2) is 11.6 Å². The summed E-state index contributed by atoms with van der Waals surface area (Å²) in [4.78, 5) is 16.4. The largest absolute Gasteiger partial charge is 0.418 e. The molecule has 1 N–H and O–H groups in total. The van der Waals surface area contributed by atoms with Gasteiger partial charge in [0.1, 0.15) is 18.7 Å². The van der Waals surface area contributed by atoms with E-state index in [1.54, 1.807) is 12.1 Å². The Balaban J connectivity index is 1.61. The van der Waals surface area contributed by atoms with Crippen molar-refractivity contribution >= 4 is 22.5 Å². The second-order valence-corrected chi connectivity index (χ2v) is 7.25. The molecule has 32 heavy (non-hydrogen) atoms. The van der Waals surface area contributed by atoms with Crippen LogP contribution in [-0.4, -0.2) is 29.7 Å². The van der Waals surface area contributed by atoms with E-state index in [1.165, 1.54) is 23.3 Å².